The predicted molar refractivity (Wildman–Crippen MR) is 63.3 cm³/mol. The molecule has 1 aromatic heterocycles. The monoisotopic (exact) mass is 216 g/mol. The van der Waals surface area contributed by atoms with Crippen LogP contribution in [0.5, 0.6) is 0 Å². The zero-order chi connectivity index (χ0) is 11.5. The number of hydrogen-bond acceptors (Lipinski definition) is 3. The van der Waals surface area contributed by atoms with Crippen molar-refractivity contribution in [2.24, 2.45) is 5.73 Å². The highest BCUT2D eigenvalue weighted by Gasteiger charge is 2.08. The number of hydrogen-bond donors (Lipinski definition) is 1. The number of benzene rings is 1. The Labute approximate surface area is 95.1 Å². The molecule has 0 bridgehead atoms. The fraction of sp³-hybridized carbons (Fsp3) is 0.333. The molecule has 0 spiro atoms. The lowest BCUT2D eigenvalue weighted by atomic mass is 10.2. The Bertz CT molecular complexity index is 458. The molecule has 4 nitrogen and oxygen atoms in total. The van der Waals surface area contributed by atoms with Crippen molar-refractivity contribution in [3.63, 3.8) is 0 Å². The highest BCUT2D eigenvalue weighted by molar-refractivity contribution is 5.33. The van der Waals surface area contributed by atoms with E-state index in [1.807, 2.05) is 25.3 Å². The predicted octanol–water partition coefficient (Wildman–Crippen LogP) is 1.99. The van der Waals surface area contributed by atoms with Gasteiger partial charge < -0.3 is 5.73 Å². The maximum absolute atomic E-state index is 5.89. The van der Waals surface area contributed by atoms with E-state index in [0.717, 1.165) is 17.8 Å². The molecule has 16 heavy (non-hydrogen) atoms. The summed E-state index contributed by atoms with van der Waals surface area (Å²) in [6.07, 6.45) is 2.76. The molecule has 2 N–H and O–H groups in total. The molecule has 0 fully saturated rings. The first-order chi connectivity index (χ1) is 7.70. The molecule has 1 aromatic carbocycles. The average Bonchev–Trinajstić information content (AvgIpc) is 2.78. The maximum Gasteiger partial charge on any atom is 0.0998 e. The summed E-state index contributed by atoms with van der Waals surface area (Å²) in [5, 5.41) is 8.15. The molecule has 1 heterocycles. The second-order valence-electron chi connectivity index (χ2n) is 3.94. The Kier molecular flexibility index (Phi) is 3.01. The molecular formula is C12H16N4. The van der Waals surface area contributed by atoms with E-state index < -0.39 is 0 Å². The van der Waals surface area contributed by atoms with E-state index >= 15 is 0 Å². The van der Waals surface area contributed by atoms with E-state index in [1.165, 1.54) is 5.56 Å². The summed E-state index contributed by atoms with van der Waals surface area (Å²) in [6.45, 7) is 4.10. The lowest BCUT2D eigenvalue weighted by Gasteiger charge is -2.02. The molecule has 1 unspecified atom stereocenters. The number of nitrogens with zero attached hydrogens (tertiary/aromatic N) is 3. The Hall–Kier alpha value is -1.68. The van der Waals surface area contributed by atoms with Gasteiger partial charge in [-0.2, -0.15) is 0 Å². The van der Waals surface area contributed by atoms with Crippen LogP contribution in [0.25, 0.3) is 5.69 Å². The minimum absolute atomic E-state index is 0.0285. The van der Waals surface area contributed by atoms with Gasteiger partial charge in [-0.15, -0.1) is 5.10 Å². The molecular weight excluding hydrogens is 200 g/mol. The van der Waals surface area contributed by atoms with E-state index in [1.54, 1.807) is 4.68 Å². The summed E-state index contributed by atoms with van der Waals surface area (Å²) in [5.41, 5.74) is 8.97. The number of aryl methyl sites for hydroxylation is 1. The van der Waals surface area contributed by atoms with Crippen LogP contribution in [0, 0.1) is 6.92 Å². The van der Waals surface area contributed by atoms with Gasteiger partial charge in [0.15, 0.2) is 0 Å². The van der Waals surface area contributed by atoms with E-state index in [-0.39, 0.29) is 6.04 Å². The van der Waals surface area contributed by atoms with Gasteiger partial charge in [0.1, 0.15) is 0 Å². The van der Waals surface area contributed by atoms with Gasteiger partial charge in [0.05, 0.1) is 23.6 Å². The summed E-state index contributed by atoms with van der Waals surface area (Å²) in [6, 6.07) is 8.11. The standard InChI is InChI=1S/C12H16N4/c1-3-11(13)12-8-16(15-14-12)10-6-4-9(2)5-7-10/h4-8,11H,3,13H2,1-2H3. The van der Waals surface area contributed by atoms with Crippen molar-refractivity contribution in [1.29, 1.82) is 0 Å². The molecule has 2 aromatic rings. The number of aromatic nitrogens is 3. The molecule has 0 aliphatic carbocycles. The summed E-state index contributed by atoms with van der Waals surface area (Å²) in [5.74, 6) is 0. The smallest absolute Gasteiger partial charge is 0.0998 e. The van der Waals surface area contributed by atoms with Crippen molar-refractivity contribution in [2.45, 2.75) is 26.3 Å². The minimum atomic E-state index is -0.0285. The summed E-state index contributed by atoms with van der Waals surface area (Å²) in [7, 11) is 0. The van der Waals surface area contributed by atoms with Crippen LogP contribution in [0.2, 0.25) is 0 Å². The highest BCUT2D eigenvalue weighted by Crippen LogP contribution is 2.13. The SMILES string of the molecule is CCC(N)c1cn(-c2ccc(C)cc2)nn1. The Balaban J connectivity index is 2.28. The van der Waals surface area contributed by atoms with Gasteiger partial charge in [-0.05, 0) is 25.5 Å². The molecule has 0 saturated carbocycles. The quantitative estimate of drug-likeness (QED) is 0.853. The van der Waals surface area contributed by atoms with Crippen molar-refractivity contribution in [3.8, 4) is 5.69 Å². The molecule has 0 aliphatic heterocycles. The van der Waals surface area contributed by atoms with Crippen molar-refractivity contribution in [3.05, 3.63) is 41.7 Å². The second kappa shape index (κ2) is 4.45. The first-order valence-corrected chi connectivity index (χ1v) is 5.45. The van der Waals surface area contributed by atoms with Gasteiger partial charge in [0.2, 0.25) is 0 Å². The highest BCUT2D eigenvalue weighted by atomic mass is 15.4. The lowest BCUT2D eigenvalue weighted by Crippen LogP contribution is -2.08. The van der Waals surface area contributed by atoms with Gasteiger partial charge >= 0.3 is 0 Å². The van der Waals surface area contributed by atoms with Gasteiger partial charge in [0.25, 0.3) is 0 Å². The first kappa shape index (κ1) is 10.8. The van der Waals surface area contributed by atoms with Crippen molar-refractivity contribution in [2.75, 3.05) is 0 Å². The second-order valence-corrected chi connectivity index (χ2v) is 3.94. The maximum atomic E-state index is 5.89. The number of nitrogens with two attached hydrogens (primary N) is 1. The topological polar surface area (TPSA) is 56.7 Å². The Morgan fingerprint density at radius 1 is 1.31 bits per heavy atom. The molecule has 1 atom stereocenters. The Morgan fingerprint density at radius 2 is 2.00 bits per heavy atom. The molecule has 0 amide bonds. The van der Waals surface area contributed by atoms with Gasteiger partial charge in [0, 0.05) is 0 Å². The third kappa shape index (κ3) is 2.12. The lowest BCUT2D eigenvalue weighted by molar-refractivity contribution is 0.670. The summed E-state index contributed by atoms with van der Waals surface area (Å²) in [4.78, 5) is 0. The number of rotatable bonds is 3. The fourth-order valence-corrected chi connectivity index (χ4v) is 1.48. The van der Waals surface area contributed by atoms with Crippen LogP contribution in [0.3, 0.4) is 0 Å². The zero-order valence-corrected chi connectivity index (χ0v) is 9.59. The van der Waals surface area contributed by atoms with Crippen LogP contribution in [0.1, 0.15) is 30.6 Å². The van der Waals surface area contributed by atoms with Crippen LogP contribution in [-0.2, 0) is 0 Å². The normalized spacial score (nSPS) is 12.7. The van der Waals surface area contributed by atoms with Crippen molar-refractivity contribution in [1.82, 2.24) is 15.0 Å². The summed E-state index contributed by atoms with van der Waals surface area (Å²) >= 11 is 0. The van der Waals surface area contributed by atoms with E-state index in [2.05, 4.69) is 29.4 Å². The third-order valence-electron chi connectivity index (χ3n) is 2.63. The van der Waals surface area contributed by atoms with Crippen LogP contribution >= 0.6 is 0 Å². The van der Waals surface area contributed by atoms with Crippen LogP contribution in [0.4, 0.5) is 0 Å². The molecule has 4 heteroatoms. The van der Waals surface area contributed by atoms with Crippen LogP contribution < -0.4 is 5.73 Å². The average molecular weight is 216 g/mol. The molecule has 0 saturated heterocycles. The third-order valence-corrected chi connectivity index (χ3v) is 2.63. The first-order valence-electron chi connectivity index (χ1n) is 5.45. The summed E-state index contributed by atoms with van der Waals surface area (Å²) < 4.78 is 1.75. The fourth-order valence-electron chi connectivity index (χ4n) is 1.48. The van der Waals surface area contributed by atoms with E-state index in [9.17, 15) is 0 Å². The van der Waals surface area contributed by atoms with Gasteiger partial charge in [-0.1, -0.05) is 29.8 Å². The molecule has 0 radical (unpaired) electrons. The molecule has 0 aliphatic rings. The van der Waals surface area contributed by atoms with Gasteiger partial charge in [-0.3, -0.25) is 0 Å². The van der Waals surface area contributed by atoms with E-state index in [4.69, 9.17) is 5.73 Å². The molecule has 84 valence electrons. The van der Waals surface area contributed by atoms with Crippen LogP contribution in [-0.4, -0.2) is 15.0 Å². The van der Waals surface area contributed by atoms with Crippen LogP contribution in [0.15, 0.2) is 30.5 Å². The van der Waals surface area contributed by atoms with Crippen molar-refractivity contribution < 1.29 is 0 Å². The Morgan fingerprint density at radius 3 is 2.62 bits per heavy atom. The van der Waals surface area contributed by atoms with Crippen molar-refractivity contribution >= 4 is 0 Å². The minimum Gasteiger partial charge on any atom is -0.323 e. The zero-order valence-electron chi connectivity index (χ0n) is 9.59. The van der Waals surface area contributed by atoms with E-state index in [0.29, 0.717) is 0 Å². The van der Waals surface area contributed by atoms with Gasteiger partial charge in [-0.25, -0.2) is 4.68 Å². The molecule has 2 rings (SSSR count). The largest absolute Gasteiger partial charge is 0.323 e.